The number of amides is 2. The van der Waals surface area contributed by atoms with Gasteiger partial charge in [0.25, 0.3) is 0 Å². The van der Waals surface area contributed by atoms with Crippen LogP contribution in [0, 0.1) is 18.7 Å². The van der Waals surface area contributed by atoms with E-state index in [1.54, 1.807) is 28.8 Å². The van der Waals surface area contributed by atoms with Crippen molar-refractivity contribution < 1.29 is 18.7 Å². The van der Waals surface area contributed by atoms with E-state index >= 15 is 0 Å². The Morgan fingerprint density at radius 1 is 1.34 bits per heavy atom. The predicted molar refractivity (Wildman–Crippen MR) is 105 cm³/mol. The first kappa shape index (κ1) is 21.0. The molecule has 1 aromatic heterocycles. The number of methoxy groups -OCH3 is 1. The summed E-state index contributed by atoms with van der Waals surface area (Å²) in [5.41, 5.74) is 2.53. The van der Waals surface area contributed by atoms with E-state index in [2.05, 4.69) is 10.4 Å². The summed E-state index contributed by atoms with van der Waals surface area (Å²) in [5.74, 6) is -0.938. The molecular weight excluding hydrogens is 375 g/mol. The normalized spacial score (nSPS) is 19.4. The zero-order valence-corrected chi connectivity index (χ0v) is 17.0. The van der Waals surface area contributed by atoms with Gasteiger partial charge in [-0.05, 0) is 37.1 Å². The summed E-state index contributed by atoms with van der Waals surface area (Å²) in [5, 5.41) is 7.27. The fraction of sp³-hybridized carbons (Fsp3) is 0.476. The van der Waals surface area contributed by atoms with E-state index in [1.807, 2.05) is 20.0 Å². The van der Waals surface area contributed by atoms with E-state index in [-0.39, 0.29) is 17.6 Å². The van der Waals surface area contributed by atoms with Gasteiger partial charge in [0.1, 0.15) is 5.82 Å². The van der Waals surface area contributed by atoms with Gasteiger partial charge in [0, 0.05) is 27.1 Å². The topological polar surface area (TPSA) is 76.5 Å². The summed E-state index contributed by atoms with van der Waals surface area (Å²) < 4.78 is 20.3. The molecule has 1 aromatic carbocycles. The third-order valence-electron chi connectivity index (χ3n) is 5.33. The Hall–Kier alpha value is -2.74. The van der Waals surface area contributed by atoms with Crippen LogP contribution in [0.2, 0.25) is 0 Å². The third-order valence-corrected chi connectivity index (χ3v) is 5.33. The van der Waals surface area contributed by atoms with Gasteiger partial charge >= 0.3 is 0 Å². The zero-order chi connectivity index (χ0) is 21.0. The molecule has 0 saturated carbocycles. The molecule has 0 spiro atoms. The summed E-state index contributed by atoms with van der Waals surface area (Å²) in [7, 11) is 3.41. The minimum absolute atomic E-state index is 0.0253. The number of aromatic nitrogens is 2. The smallest absolute Gasteiger partial charge is 0.225 e. The number of hydrogen-bond donors (Lipinski definition) is 1. The number of carbonyl (C=O) groups excluding carboxylic acids is 2. The Morgan fingerprint density at radius 2 is 2.07 bits per heavy atom. The van der Waals surface area contributed by atoms with Crippen molar-refractivity contribution in [2.75, 3.05) is 20.3 Å². The van der Waals surface area contributed by atoms with Crippen molar-refractivity contribution in [1.29, 1.82) is 0 Å². The molecule has 0 bridgehead atoms. The lowest BCUT2D eigenvalue weighted by Gasteiger charge is -2.40. The molecule has 2 heterocycles. The number of rotatable bonds is 7. The molecule has 0 aliphatic carbocycles. The Morgan fingerprint density at radius 3 is 2.69 bits per heavy atom. The molecule has 0 radical (unpaired) electrons. The Balaban J connectivity index is 1.83. The minimum Gasteiger partial charge on any atom is -0.383 e. The van der Waals surface area contributed by atoms with Gasteiger partial charge in [0.2, 0.25) is 11.8 Å². The predicted octanol–water partition coefficient (Wildman–Crippen LogP) is 2.11. The number of benzene rings is 1. The number of ether oxygens (including phenoxy) is 1. The SMILES string of the molecule is COCCN1C(=O)CC[C@@H](C(=O)NCc2cc(C)nn2C)[C@@H]1c1ccc(F)cc1. The monoisotopic (exact) mass is 402 g/mol. The Labute approximate surface area is 169 Å². The van der Waals surface area contributed by atoms with Gasteiger partial charge in [0.15, 0.2) is 0 Å². The van der Waals surface area contributed by atoms with Gasteiger partial charge in [-0.1, -0.05) is 12.1 Å². The van der Waals surface area contributed by atoms with E-state index in [4.69, 9.17) is 4.74 Å². The molecule has 1 aliphatic heterocycles. The summed E-state index contributed by atoms with van der Waals surface area (Å²) >= 11 is 0. The first-order valence-corrected chi connectivity index (χ1v) is 9.71. The van der Waals surface area contributed by atoms with Crippen LogP contribution in [-0.4, -0.2) is 46.8 Å². The first-order chi connectivity index (χ1) is 13.9. The number of hydrogen-bond acceptors (Lipinski definition) is 4. The average molecular weight is 402 g/mol. The maximum absolute atomic E-state index is 13.4. The van der Waals surface area contributed by atoms with Crippen LogP contribution in [0.5, 0.6) is 0 Å². The summed E-state index contributed by atoms with van der Waals surface area (Å²) in [4.78, 5) is 27.4. The summed E-state index contributed by atoms with van der Waals surface area (Å²) in [6.45, 7) is 3.00. The lowest BCUT2D eigenvalue weighted by molar-refractivity contribution is -0.144. The molecule has 0 unspecified atom stereocenters. The Kier molecular flexibility index (Phi) is 6.64. The number of aryl methyl sites for hydroxylation is 2. The molecule has 3 rings (SSSR count). The van der Waals surface area contributed by atoms with E-state index in [9.17, 15) is 14.0 Å². The molecule has 1 saturated heterocycles. The van der Waals surface area contributed by atoms with Crippen LogP contribution in [0.3, 0.4) is 0 Å². The van der Waals surface area contributed by atoms with Crippen LogP contribution in [0.25, 0.3) is 0 Å². The highest BCUT2D eigenvalue weighted by molar-refractivity contribution is 5.85. The van der Waals surface area contributed by atoms with Gasteiger partial charge in [-0.2, -0.15) is 5.10 Å². The van der Waals surface area contributed by atoms with Gasteiger partial charge in [0.05, 0.1) is 36.5 Å². The quantitative estimate of drug-likeness (QED) is 0.770. The van der Waals surface area contributed by atoms with Crippen molar-refractivity contribution >= 4 is 11.8 Å². The molecule has 1 aliphatic rings. The number of nitrogens with one attached hydrogen (secondary N) is 1. The number of carbonyl (C=O) groups is 2. The van der Waals surface area contributed by atoms with Crippen LogP contribution in [0.1, 0.15) is 35.8 Å². The van der Waals surface area contributed by atoms with Crippen LogP contribution >= 0.6 is 0 Å². The molecule has 1 fully saturated rings. The second kappa shape index (κ2) is 9.17. The molecule has 2 amide bonds. The molecule has 156 valence electrons. The lowest BCUT2D eigenvalue weighted by Crippen LogP contribution is -2.49. The van der Waals surface area contributed by atoms with Gasteiger partial charge in [-0.25, -0.2) is 4.39 Å². The summed E-state index contributed by atoms with van der Waals surface area (Å²) in [6.07, 6.45) is 0.741. The highest BCUT2D eigenvalue weighted by Gasteiger charge is 2.40. The van der Waals surface area contributed by atoms with E-state index < -0.39 is 12.0 Å². The van der Waals surface area contributed by atoms with Crippen LogP contribution < -0.4 is 5.32 Å². The van der Waals surface area contributed by atoms with Gasteiger partial charge in [-0.3, -0.25) is 14.3 Å². The van der Waals surface area contributed by atoms with Gasteiger partial charge < -0.3 is 15.0 Å². The van der Waals surface area contributed by atoms with Crippen LogP contribution in [-0.2, 0) is 27.9 Å². The summed E-state index contributed by atoms with van der Waals surface area (Å²) in [6, 6.07) is 7.46. The average Bonchev–Trinajstić information content (AvgIpc) is 3.02. The standard InChI is InChI=1S/C21H27FN4O3/c1-14-12-17(25(2)24-14)13-23-21(28)18-8-9-19(27)26(10-11-29-3)20(18)15-4-6-16(22)7-5-15/h4-7,12,18,20H,8-11,13H2,1-3H3,(H,23,28)/t18-,20+/m1/s1. The lowest BCUT2D eigenvalue weighted by atomic mass is 9.83. The van der Waals surface area contributed by atoms with Crippen molar-refractivity contribution in [3.63, 3.8) is 0 Å². The van der Waals surface area contributed by atoms with Crippen LogP contribution in [0.4, 0.5) is 4.39 Å². The number of halogens is 1. The highest BCUT2D eigenvalue weighted by atomic mass is 19.1. The van der Waals surface area contributed by atoms with E-state index in [0.29, 0.717) is 32.5 Å². The van der Waals surface area contributed by atoms with Crippen molar-refractivity contribution in [2.24, 2.45) is 13.0 Å². The number of nitrogens with zero attached hydrogens (tertiary/aromatic N) is 3. The van der Waals surface area contributed by atoms with E-state index in [1.165, 1.54) is 12.1 Å². The largest absolute Gasteiger partial charge is 0.383 e. The maximum Gasteiger partial charge on any atom is 0.225 e. The second-order valence-corrected chi connectivity index (χ2v) is 7.34. The van der Waals surface area contributed by atoms with Crippen molar-refractivity contribution in [2.45, 2.75) is 32.4 Å². The van der Waals surface area contributed by atoms with Crippen molar-refractivity contribution in [3.05, 3.63) is 53.1 Å². The van der Waals surface area contributed by atoms with Crippen molar-refractivity contribution in [3.8, 4) is 0 Å². The molecule has 29 heavy (non-hydrogen) atoms. The molecule has 2 atom stereocenters. The molecule has 2 aromatic rings. The second-order valence-electron chi connectivity index (χ2n) is 7.34. The number of likely N-dealkylation sites (tertiary alicyclic amines) is 1. The fourth-order valence-corrected chi connectivity index (χ4v) is 3.89. The minimum atomic E-state index is -0.458. The maximum atomic E-state index is 13.4. The van der Waals surface area contributed by atoms with E-state index in [0.717, 1.165) is 17.0 Å². The zero-order valence-electron chi connectivity index (χ0n) is 17.0. The molecule has 7 nitrogen and oxygen atoms in total. The Bertz CT molecular complexity index is 865. The molecule has 1 N–H and O–H groups in total. The van der Waals surface area contributed by atoms with Gasteiger partial charge in [-0.15, -0.1) is 0 Å². The third kappa shape index (κ3) is 4.82. The van der Waals surface area contributed by atoms with Crippen molar-refractivity contribution in [1.82, 2.24) is 20.0 Å². The first-order valence-electron chi connectivity index (χ1n) is 9.71. The van der Waals surface area contributed by atoms with Crippen LogP contribution in [0.15, 0.2) is 30.3 Å². The highest BCUT2D eigenvalue weighted by Crippen LogP contribution is 2.37. The molecular formula is C21H27FN4O3. The fourth-order valence-electron chi connectivity index (χ4n) is 3.89. The molecule has 8 heteroatoms. The number of piperidine rings is 1.